The molecule has 0 amide bonds. The third-order valence-electron chi connectivity index (χ3n) is 4.17. The Labute approximate surface area is 100 Å². The van der Waals surface area contributed by atoms with E-state index in [0.29, 0.717) is 5.41 Å². The highest BCUT2D eigenvalue weighted by molar-refractivity contribution is 4.88. The lowest BCUT2D eigenvalue weighted by molar-refractivity contribution is 0.232. The fourth-order valence-electron chi connectivity index (χ4n) is 3.18. The second-order valence-electron chi connectivity index (χ2n) is 5.92. The summed E-state index contributed by atoms with van der Waals surface area (Å²) in [7, 11) is 2.07. The summed E-state index contributed by atoms with van der Waals surface area (Å²) < 4.78 is 0. The van der Waals surface area contributed by atoms with E-state index in [9.17, 15) is 0 Å². The second-order valence-corrected chi connectivity index (χ2v) is 5.92. The van der Waals surface area contributed by atoms with Crippen molar-refractivity contribution in [2.75, 3.05) is 52.9 Å². The molecule has 0 aromatic carbocycles. The van der Waals surface area contributed by atoms with E-state index in [1.807, 2.05) is 0 Å². The Hall–Kier alpha value is -0.120. The summed E-state index contributed by atoms with van der Waals surface area (Å²) in [5, 5.41) is 3.33. The molecule has 16 heavy (non-hydrogen) atoms. The summed E-state index contributed by atoms with van der Waals surface area (Å²) in [5.74, 6) is 0. The van der Waals surface area contributed by atoms with Gasteiger partial charge >= 0.3 is 0 Å². The molecule has 0 saturated carbocycles. The van der Waals surface area contributed by atoms with Crippen LogP contribution in [-0.4, -0.2) is 62.7 Å². The van der Waals surface area contributed by atoms with Crippen molar-refractivity contribution in [3.05, 3.63) is 0 Å². The first-order valence-electron chi connectivity index (χ1n) is 6.81. The van der Waals surface area contributed by atoms with Gasteiger partial charge in [-0.15, -0.1) is 0 Å². The Kier molecular flexibility index (Phi) is 4.22. The molecule has 2 heterocycles. The van der Waals surface area contributed by atoms with Crippen LogP contribution in [0.4, 0.5) is 0 Å². The first-order valence-corrected chi connectivity index (χ1v) is 6.81. The standard InChI is InChI=1S/C13H27N3/c1-13(11-14-2)5-8-16(12-13)10-9-15-6-3-4-7-15/h14H,3-12H2,1-2H3. The quantitative estimate of drug-likeness (QED) is 0.753. The van der Waals surface area contributed by atoms with Gasteiger partial charge in [0.15, 0.2) is 0 Å². The van der Waals surface area contributed by atoms with Crippen molar-refractivity contribution < 1.29 is 0 Å². The van der Waals surface area contributed by atoms with Crippen LogP contribution in [0.3, 0.4) is 0 Å². The van der Waals surface area contributed by atoms with Crippen molar-refractivity contribution >= 4 is 0 Å². The molecule has 0 radical (unpaired) electrons. The molecule has 1 atom stereocenters. The van der Waals surface area contributed by atoms with Crippen LogP contribution in [0.15, 0.2) is 0 Å². The number of hydrogen-bond acceptors (Lipinski definition) is 3. The van der Waals surface area contributed by atoms with E-state index in [4.69, 9.17) is 0 Å². The van der Waals surface area contributed by atoms with E-state index >= 15 is 0 Å². The van der Waals surface area contributed by atoms with Crippen LogP contribution >= 0.6 is 0 Å². The molecule has 0 bridgehead atoms. The SMILES string of the molecule is CNCC1(C)CCN(CCN2CCCC2)C1. The molecular weight excluding hydrogens is 198 g/mol. The molecule has 2 fully saturated rings. The Balaban J connectivity index is 1.68. The third kappa shape index (κ3) is 3.19. The van der Waals surface area contributed by atoms with Crippen molar-refractivity contribution in [3.8, 4) is 0 Å². The molecule has 2 rings (SSSR count). The average molecular weight is 225 g/mol. The van der Waals surface area contributed by atoms with Gasteiger partial charge in [-0.05, 0) is 51.4 Å². The molecule has 0 aliphatic carbocycles. The normalized spacial score (nSPS) is 32.6. The summed E-state index contributed by atoms with van der Waals surface area (Å²) >= 11 is 0. The van der Waals surface area contributed by atoms with Gasteiger partial charge < -0.3 is 15.1 Å². The summed E-state index contributed by atoms with van der Waals surface area (Å²) in [6.45, 7) is 11.4. The van der Waals surface area contributed by atoms with Crippen molar-refractivity contribution in [1.82, 2.24) is 15.1 Å². The van der Waals surface area contributed by atoms with Crippen LogP contribution in [0.5, 0.6) is 0 Å². The van der Waals surface area contributed by atoms with Gasteiger partial charge in [0.2, 0.25) is 0 Å². The molecule has 3 heteroatoms. The minimum absolute atomic E-state index is 0.514. The zero-order chi connectivity index (χ0) is 11.4. The maximum atomic E-state index is 3.33. The predicted molar refractivity (Wildman–Crippen MR) is 68.8 cm³/mol. The Morgan fingerprint density at radius 3 is 2.44 bits per heavy atom. The number of likely N-dealkylation sites (tertiary alicyclic amines) is 2. The number of hydrogen-bond donors (Lipinski definition) is 1. The molecule has 3 nitrogen and oxygen atoms in total. The van der Waals surface area contributed by atoms with Gasteiger partial charge in [-0.2, -0.15) is 0 Å². The monoisotopic (exact) mass is 225 g/mol. The van der Waals surface area contributed by atoms with Gasteiger partial charge in [-0.1, -0.05) is 6.92 Å². The first-order chi connectivity index (χ1) is 7.72. The third-order valence-corrected chi connectivity index (χ3v) is 4.17. The van der Waals surface area contributed by atoms with Crippen molar-refractivity contribution in [2.24, 2.45) is 5.41 Å². The number of rotatable bonds is 5. The Morgan fingerprint density at radius 1 is 1.06 bits per heavy atom. The number of nitrogens with zero attached hydrogens (tertiary/aromatic N) is 2. The van der Waals surface area contributed by atoms with Gasteiger partial charge in [0, 0.05) is 26.2 Å². The van der Waals surface area contributed by atoms with E-state index in [-0.39, 0.29) is 0 Å². The van der Waals surface area contributed by atoms with Crippen molar-refractivity contribution in [2.45, 2.75) is 26.2 Å². The van der Waals surface area contributed by atoms with Gasteiger partial charge in [0.05, 0.1) is 0 Å². The molecule has 94 valence electrons. The van der Waals surface area contributed by atoms with E-state index < -0.39 is 0 Å². The van der Waals surface area contributed by atoms with Crippen LogP contribution in [0, 0.1) is 5.41 Å². The van der Waals surface area contributed by atoms with Gasteiger partial charge in [0.25, 0.3) is 0 Å². The maximum absolute atomic E-state index is 3.33. The van der Waals surface area contributed by atoms with Gasteiger partial charge in [-0.3, -0.25) is 0 Å². The minimum Gasteiger partial charge on any atom is -0.319 e. The fraction of sp³-hybridized carbons (Fsp3) is 1.00. The molecule has 2 aliphatic heterocycles. The molecule has 0 aromatic rings. The van der Waals surface area contributed by atoms with E-state index in [1.54, 1.807) is 0 Å². The lowest BCUT2D eigenvalue weighted by Crippen LogP contribution is -2.36. The second kappa shape index (κ2) is 5.48. The Bertz CT molecular complexity index is 213. The minimum atomic E-state index is 0.514. The average Bonchev–Trinajstić information content (AvgIpc) is 2.85. The summed E-state index contributed by atoms with van der Waals surface area (Å²) in [6.07, 6.45) is 4.18. The molecule has 2 saturated heterocycles. The van der Waals surface area contributed by atoms with Crippen LogP contribution < -0.4 is 5.32 Å². The molecule has 0 spiro atoms. The molecule has 2 aliphatic rings. The van der Waals surface area contributed by atoms with E-state index in [1.165, 1.54) is 58.5 Å². The number of nitrogens with one attached hydrogen (secondary N) is 1. The maximum Gasteiger partial charge on any atom is 0.0110 e. The predicted octanol–water partition coefficient (Wildman–Crippen LogP) is 1.01. The van der Waals surface area contributed by atoms with Crippen molar-refractivity contribution in [3.63, 3.8) is 0 Å². The zero-order valence-corrected chi connectivity index (χ0v) is 11.0. The summed E-state index contributed by atoms with van der Waals surface area (Å²) in [5.41, 5.74) is 0.514. The summed E-state index contributed by atoms with van der Waals surface area (Å²) in [4.78, 5) is 5.27. The highest BCUT2D eigenvalue weighted by Crippen LogP contribution is 2.28. The van der Waals surface area contributed by atoms with Crippen LogP contribution in [0.1, 0.15) is 26.2 Å². The molecule has 0 aromatic heterocycles. The zero-order valence-electron chi connectivity index (χ0n) is 11.0. The van der Waals surface area contributed by atoms with Crippen LogP contribution in [-0.2, 0) is 0 Å². The fourth-order valence-corrected chi connectivity index (χ4v) is 3.18. The lowest BCUT2D eigenvalue weighted by Gasteiger charge is -2.25. The van der Waals surface area contributed by atoms with E-state index in [0.717, 1.165) is 6.54 Å². The lowest BCUT2D eigenvalue weighted by atomic mass is 9.90. The highest BCUT2D eigenvalue weighted by atomic mass is 15.2. The Morgan fingerprint density at radius 2 is 1.75 bits per heavy atom. The van der Waals surface area contributed by atoms with Gasteiger partial charge in [-0.25, -0.2) is 0 Å². The largest absolute Gasteiger partial charge is 0.319 e. The smallest absolute Gasteiger partial charge is 0.0110 e. The van der Waals surface area contributed by atoms with Crippen molar-refractivity contribution in [1.29, 1.82) is 0 Å². The topological polar surface area (TPSA) is 18.5 Å². The molecule has 1 N–H and O–H groups in total. The van der Waals surface area contributed by atoms with Crippen LogP contribution in [0.2, 0.25) is 0 Å². The molecule has 1 unspecified atom stereocenters. The van der Waals surface area contributed by atoms with Gasteiger partial charge in [0.1, 0.15) is 0 Å². The van der Waals surface area contributed by atoms with E-state index in [2.05, 4.69) is 29.1 Å². The highest BCUT2D eigenvalue weighted by Gasteiger charge is 2.32. The summed E-state index contributed by atoms with van der Waals surface area (Å²) in [6, 6.07) is 0. The first kappa shape index (κ1) is 12.3. The molecular formula is C13H27N3. The van der Waals surface area contributed by atoms with Crippen LogP contribution in [0.25, 0.3) is 0 Å².